The van der Waals surface area contributed by atoms with Crippen molar-refractivity contribution in [2.45, 2.75) is 38.8 Å². The normalized spacial score (nSPS) is 12.6. The molecule has 0 aliphatic carbocycles. The lowest BCUT2D eigenvalue weighted by Crippen LogP contribution is -2.42. The van der Waals surface area contributed by atoms with Crippen molar-refractivity contribution in [2.75, 3.05) is 37.9 Å². The lowest BCUT2D eigenvalue weighted by atomic mass is 9.93. The van der Waals surface area contributed by atoms with Crippen molar-refractivity contribution >= 4 is 31.7 Å². The Morgan fingerprint density at radius 1 is 0.886 bits per heavy atom. The quantitative estimate of drug-likeness (QED) is 0.190. The number of hydrogen-bond donors (Lipinski definition) is 3. The third kappa shape index (κ3) is 10.5. The third-order valence-electron chi connectivity index (χ3n) is 7.22. The summed E-state index contributed by atoms with van der Waals surface area (Å²) in [6, 6.07) is 20.6. The Morgan fingerprint density at radius 2 is 1.57 bits per heavy atom. The second-order valence-corrected chi connectivity index (χ2v) is 15.2. The van der Waals surface area contributed by atoms with Gasteiger partial charge in [-0.15, -0.1) is 0 Å². The minimum Gasteiger partial charge on any atom is -0.480 e. The van der Waals surface area contributed by atoms with Gasteiger partial charge in [-0.05, 0) is 79.7 Å². The maximum atomic E-state index is 13.5. The molecule has 1 amide bonds. The predicted octanol–water partition coefficient (Wildman–Crippen LogP) is 3.26. The summed E-state index contributed by atoms with van der Waals surface area (Å²) >= 11 is 0. The van der Waals surface area contributed by atoms with Crippen molar-refractivity contribution in [3.63, 3.8) is 0 Å². The topological polar surface area (TPSA) is 150 Å². The molecule has 0 fully saturated rings. The van der Waals surface area contributed by atoms with E-state index in [9.17, 15) is 31.5 Å². The van der Waals surface area contributed by atoms with Crippen LogP contribution >= 0.6 is 0 Å². The molecule has 0 aliphatic rings. The first-order valence-electron chi connectivity index (χ1n) is 14.4. The van der Waals surface area contributed by atoms with Gasteiger partial charge >= 0.3 is 5.97 Å². The van der Waals surface area contributed by atoms with Crippen LogP contribution in [0.2, 0.25) is 0 Å². The molecular formula is C32H41N3O7S2. The molecule has 0 saturated heterocycles. The number of carboxylic acid groups (broad SMARTS) is 1. The molecule has 3 N–H and O–H groups in total. The lowest BCUT2D eigenvalue weighted by molar-refractivity contribution is -0.139. The number of carbonyl (C=O) groups excluding carboxylic acids is 1. The van der Waals surface area contributed by atoms with E-state index in [-0.39, 0.29) is 30.8 Å². The fourth-order valence-corrected chi connectivity index (χ4v) is 6.94. The largest absolute Gasteiger partial charge is 0.480 e. The van der Waals surface area contributed by atoms with Crippen LogP contribution in [0.1, 0.15) is 39.9 Å². The Balaban J connectivity index is 1.98. The zero-order valence-corrected chi connectivity index (χ0v) is 27.0. The van der Waals surface area contributed by atoms with Crippen LogP contribution in [0.4, 0.5) is 0 Å². The van der Waals surface area contributed by atoms with Gasteiger partial charge in [-0.25, -0.2) is 21.6 Å². The minimum absolute atomic E-state index is 0.0160. The van der Waals surface area contributed by atoms with Crippen LogP contribution in [-0.4, -0.2) is 82.1 Å². The molecule has 3 aromatic rings. The van der Waals surface area contributed by atoms with Gasteiger partial charge in [0.05, 0.1) is 11.5 Å². The Labute approximate surface area is 260 Å². The van der Waals surface area contributed by atoms with Crippen molar-refractivity contribution in [1.29, 1.82) is 0 Å². The van der Waals surface area contributed by atoms with E-state index in [2.05, 4.69) is 10.6 Å². The van der Waals surface area contributed by atoms with Crippen molar-refractivity contribution in [3.05, 3.63) is 95.1 Å². The van der Waals surface area contributed by atoms with Gasteiger partial charge in [-0.1, -0.05) is 60.7 Å². The molecule has 0 aromatic heterocycles. The van der Waals surface area contributed by atoms with Crippen molar-refractivity contribution in [2.24, 2.45) is 0 Å². The average Bonchev–Trinajstić information content (AvgIpc) is 2.97. The Morgan fingerprint density at radius 3 is 2.20 bits per heavy atom. The molecule has 0 saturated carbocycles. The molecule has 12 heteroatoms. The highest BCUT2D eigenvalue weighted by molar-refractivity contribution is 7.90. The summed E-state index contributed by atoms with van der Waals surface area (Å²) in [4.78, 5) is 25.3. The highest BCUT2D eigenvalue weighted by atomic mass is 32.2. The monoisotopic (exact) mass is 643 g/mol. The summed E-state index contributed by atoms with van der Waals surface area (Å²) < 4.78 is 51.7. The number of aliphatic carboxylic acids is 1. The Hall–Kier alpha value is -3.58. The number of amides is 1. The first-order chi connectivity index (χ1) is 20.8. The summed E-state index contributed by atoms with van der Waals surface area (Å²) in [5.41, 5.74) is 3.99. The van der Waals surface area contributed by atoms with Gasteiger partial charge in [-0.2, -0.15) is 4.31 Å². The van der Waals surface area contributed by atoms with Crippen LogP contribution in [0.25, 0.3) is 11.1 Å². The van der Waals surface area contributed by atoms with Crippen LogP contribution in [0.5, 0.6) is 0 Å². The van der Waals surface area contributed by atoms with Crippen LogP contribution in [0.3, 0.4) is 0 Å². The van der Waals surface area contributed by atoms with Gasteiger partial charge in [0.25, 0.3) is 5.91 Å². The van der Waals surface area contributed by atoms with Crippen molar-refractivity contribution in [1.82, 2.24) is 14.9 Å². The molecule has 0 radical (unpaired) electrons. The zero-order chi connectivity index (χ0) is 32.3. The van der Waals surface area contributed by atoms with E-state index in [1.807, 2.05) is 61.5 Å². The van der Waals surface area contributed by atoms with Gasteiger partial charge in [-0.3, -0.25) is 4.79 Å². The summed E-state index contributed by atoms with van der Waals surface area (Å²) in [5.74, 6) is -2.42. The zero-order valence-electron chi connectivity index (χ0n) is 25.3. The summed E-state index contributed by atoms with van der Waals surface area (Å²) in [6.07, 6.45) is 1.71. The molecule has 1 unspecified atom stereocenters. The molecule has 1 atom stereocenters. The number of rotatable bonds is 17. The number of benzene rings is 3. The minimum atomic E-state index is -3.62. The van der Waals surface area contributed by atoms with E-state index in [1.165, 1.54) is 4.31 Å². The molecule has 44 heavy (non-hydrogen) atoms. The van der Waals surface area contributed by atoms with Crippen LogP contribution in [0, 0.1) is 6.92 Å². The van der Waals surface area contributed by atoms with E-state index in [0.29, 0.717) is 30.5 Å². The number of hydrogen-bond acceptors (Lipinski definition) is 7. The lowest BCUT2D eigenvalue weighted by Gasteiger charge is -2.23. The standard InChI is InChI=1S/C32H41N3O7S2/c1-24-10-7-8-13-27(24)29-22-26(14-15-28(29)31(36)34-30(32(37)38)17-21-43(3,39)40)23-35(44(41,42)20-9-18-33-2)19-16-25-11-5-4-6-12-25/h4-8,10-15,22,30,33H,9,16-21,23H2,1-3H3,(H,34,36)(H,37,38). The van der Waals surface area contributed by atoms with Crippen LogP contribution < -0.4 is 10.6 Å². The number of carboxylic acids is 1. The van der Waals surface area contributed by atoms with Crippen molar-refractivity contribution < 1.29 is 31.5 Å². The van der Waals surface area contributed by atoms with E-state index in [0.717, 1.165) is 22.9 Å². The van der Waals surface area contributed by atoms with Gasteiger partial charge < -0.3 is 15.7 Å². The first kappa shape index (κ1) is 34.9. The van der Waals surface area contributed by atoms with E-state index >= 15 is 0 Å². The maximum Gasteiger partial charge on any atom is 0.326 e. The van der Waals surface area contributed by atoms with Crippen LogP contribution in [0.15, 0.2) is 72.8 Å². The molecule has 3 aromatic carbocycles. The third-order valence-corrected chi connectivity index (χ3v) is 10.1. The number of sulfone groups is 1. The van der Waals surface area contributed by atoms with Gasteiger partial charge in [0.2, 0.25) is 10.0 Å². The van der Waals surface area contributed by atoms with Gasteiger partial charge in [0.15, 0.2) is 0 Å². The number of aryl methyl sites for hydroxylation is 1. The number of carbonyl (C=O) groups is 2. The highest BCUT2D eigenvalue weighted by Gasteiger charge is 2.26. The average molecular weight is 644 g/mol. The molecule has 238 valence electrons. The molecule has 0 bridgehead atoms. The summed E-state index contributed by atoms with van der Waals surface area (Å²) in [5, 5.41) is 15.1. The Kier molecular flexibility index (Phi) is 12.6. The van der Waals surface area contributed by atoms with E-state index in [1.54, 1.807) is 25.2 Å². The summed E-state index contributed by atoms with van der Waals surface area (Å²) in [7, 11) is -5.29. The SMILES string of the molecule is CNCCCS(=O)(=O)N(CCc1ccccc1)Cc1ccc(C(=O)NC(CCS(C)(=O)=O)C(=O)O)c(-c2ccccc2C)c1. The molecule has 0 aliphatic heterocycles. The van der Waals surface area contributed by atoms with Gasteiger partial charge in [0.1, 0.15) is 15.9 Å². The second kappa shape index (κ2) is 15.9. The Bertz CT molecular complexity index is 1640. The smallest absolute Gasteiger partial charge is 0.326 e. The number of sulfonamides is 1. The fraction of sp³-hybridized carbons (Fsp3) is 0.375. The summed E-state index contributed by atoms with van der Waals surface area (Å²) in [6.45, 7) is 2.80. The van der Waals surface area contributed by atoms with E-state index < -0.39 is 43.5 Å². The fourth-order valence-electron chi connectivity index (χ4n) is 4.79. The second-order valence-electron chi connectivity index (χ2n) is 10.8. The van der Waals surface area contributed by atoms with E-state index in [4.69, 9.17) is 0 Å². The molecular weight excluding hydrogens is 603 g/mol. The molecule has 3 rings (SSSR count). The molecule has 0 heterocycles. The highest BCUT2D eigenvalue weighted by Crippen LogP contribution is 2.29. The molecule has 10 nitrogen and oxygen atoms in total. The molecule has 0 spiro atoms. The number of nitrogens with one attached hydrogen (secondary N) is 2. The van der Waals surface area contributed by atoms with Crippen molar-refractivity contribution in [3.8, 4) is 11.1 Å². The first-order valence-corrected chi connectivity index (χ1v) is 18.0. The van der Waals surface area contributed by atoms with Gasteiger partial charge in [0, 0.05) is 24.9 Å². The maximum absolute atomic E-state index is 13.5. The number of nitrogens with zero attached hydrogens (tertiary/aromatic N) is 1. The predicted molar refractivity (Wildman–Crippen MR) is 173 cm³/mol. The van der Waals surface area contributed by atoms with Crippen LogP contribution in [-0.2, 0) is 37.6 Å².